The Bertz CT molecular complexity index is 1610. The van der Waals surface area contributed by atoms with Gasteiger partial charge in [0.15, 0.2) is 15.8 Å². The number of thiazole rings is 1. The van der Waals surface area contributed by atoms with Crippen molar-refractivity contribution in [3.63, 3.8) is 0 Å². The van der Waals surface area contributed by atoms with Crippen LogP contribution in [-0.2, 0) is 10.0 Å². The first-order valence-corrected chi connectivity index (χ1v) is 13.2. The number of nitrogens with one attached hydrogen (secondary N) is 2. The van der Waals surface area contributed by atoms with Gasteiger partial charge in [0, 0.05) is 25.9 Å². The highest BCUT2D eigenvalue weighted by Crippen LogP contribution is 2.42. The number of hydrogen-bond acceptors (Lipinski definition) is 8. The van der Waals surface area contributed by atoms with Gasteiger partial charge in [0.1, 0.15) is 18.2 Å². The Morgan fingerprint density at radius 3 is 2.31 bits per heavy atom. The Kier molecular flexibility index (Phi) is 7.70. The van der Waals surface area contributed by atoms with Gasteiger partial charge in [0.25, 0.3) is 10.0 Å². The Hall–Kier alpha value is -3.92. The summed E-state index contributed by atoms with van der Waals surface area (Å²) in [5.74, 6) is -3.78. The maximum atomic E-state index is 15.7. The molecular formula is C23H18F6N6O2S2. The van der Waals surface area contributed by atoms with Crippen molar-refractivity contribution in [1.82, 2.24) is 15.0 Å². The van der Waals surface area contributed by atoms with Crippen LogP contribution in [0.5, 0.6) is 0 Å². The average molecular weight is 589 g/mol. The van der Waals surface area contributed by atoms with Crippen molar-refractivity contribution in [3.8, 4) is 21.8 Å². The van der Waals surface area contributed by atoms with Crippen molar-refractivity contribution in [3.05, 3.63) is 66.1 Å². The van der Waals surface area contributed by atoms with Gasteiger partial charge in [-0.15, -0.1) is 0 Å². The van der Waals surface area contributed by atoms with Gasteiger partial charge in [-0.3, -0.25) is 4.72 Å². The summed E-state index contributed by atoms with van der Waals surface area (Å²) in [4.78, 5) is 12.1. The molecule has 8 nitrogen and oxygen atoms in total. The number of halogens is 6. The lowest BCUT2D eigenvalue weighted by atomic mass is 10.1. The summed E-state index contributed by atoms with van der Waals surface area (Å²) in [6.45, 7) is -1.35. The molecule has 2 aromatic heterocycles. The second-order valence-electron chi connectivity index (χ2n) is 7.98. The van der Waals surface area contributed by atoms with E-state index in [0.29, 0.717) is 0 Å². The van der Waals surface area contributed by atoms with E-state index in [-0.39, 0.29) is 32.9 Å². The molecule has 0 saturated heterocycles. The van der Waals surface area contributed by atoms with Crippen LogP contribution in [-0.4, -0.2) is 50.2 Å². The first-order chi connectivity index (χ1) is 18.3. The molecule has 206 valence electrons. The molecule has 16 heteroatoms. The van der Waals surface area contributed by atoms with E-state index in [1.807, 2.05) is 4.72 Å². The van der Waals surface area contributed by atoms with Gasteiger partial charge in [-0.25, -0.2) is 36.5 Å². The maximum absolute atomic E-state index is 15.7. The van der Waals surface area contributed by atoms with Crippen LogP contribution in [0.2, 0.25) is 0 Å². The van der Waals surface area contributed by atoms with Crippen LogP contribution >= 0.6 is 11.3 Å². The standard InChI is InChI=1S/C23H18F6N6O2S2/c1-30-21-31-10-9-16(32-21)19-18(33-22(38-19)35(2)11-23(27,28)29)12-5-3-8-15(17(12)26)34-39(36,37)20-13(24)6-4-7-14(20)25/h3-10,34H,11H2,1-2H3,(H,30,31,32). The van der Waals surface area contributed by atoms with Gasteiger partial charge in [-0.2, -0.15) is 13.2 Å². The second-order valence-corrected chi connectivity index (χ2v) is 10.6. The molecule has 0 bridgehead atoms. The van der Waals surface area contributed by atoms with Crippen molar-refractivity contribution in [2.24, 2.45) is 0 Å². The molecule has 0 aliphatic heterocycles. The molecule has 0 spiro atoms. The molecule has 0 radical (unpaired) electrons. The van der Waals surface area contributed by atoms with Crippen LogP contribution < -0.4 is 14.9 Å². The van der Waals surface area contributed by atoms with Gasteiger partial charge in [-0.1, -0.05) is 23.5 Å². The van der Waals surface area contributed by atoms with Crippen LogP contribution in [0.1, 0.15) is 0 Å². The maximum Gasteiger partial charge on any atom is 0.405 e. The van der Waals surface area contributed by atoms with Crippen LogP contribution in [0.15, 0.2) is 53.6 Å². The number of aromatic nitrogens is 3. The summed E-state index contributed by atoms with van der Waals surface area (Å²) in [7, 11) is -2.22. The third-order valence-electron chi connectivity index (χ3n) is 5.16. The number of rotatable bonds is 8. The fourth-order valence-electron chi connectivity index (χ4n) is 3.50. The summed E-state index contributed by atoms with van der Waals surface area (Å²) in [6.07, 6.45) is -3.18. The van der Waals surface area contributed by atoms with Crippen molar-refractivity contribution < 1.29 is 34.8 Å². The fourth-order valence-corrected chi connectivity index (χ4v) is 5.71. The molecule has 0 aliphatic rings. The summed E-state index contributed by atoms with van der Waals surface area (Å²) < 4.78 is 110. The fraction of sp³-hybridized carbons (Fsp3) is 0.174. The lowest BCUT2D eigenvalue weighted by Crippen LogP contribution is -2.30. The van der Waals surface area contributed by atoms with Crippen molar-refractivity contribution in [1.29, 1.82) is 0 Å². The lowest BCUT2D eigenvalue weighted by molar-refractivity contribution is -0.119. The number of hydrogen-bond donors (Lipinski definition) is 2. The number of benzene rings is 2. The van der Waals surface area contributed by atoms with Gasteiger partial charge in [-0.05, 0) is 30.3 Å². The summed E-state index contributed by atoms with van der Waals surface area (Å²) in [5, 5.41) is 2.59. The van der Waals surface area contributed by atoms with E-state index in [4.69, 9.17) is 0 Å². The average Bonchev–Trinajstić information content (AvgIpc) is 3.29. The molecule has 0 unspecified atom stereocenters. The van der Waals surface area contributed by atoms with Crippen LogP contribution in [0, 0.1) is 17.5 Å². The zero-order chi connectivity index (χ0) is 28.5. The topological polar surface area (TPSA) is 100 Å². The van der Waals surface area contributed by atoms with Gasteiger partial charge in [0.2, 0.25) is 5.95 Å². The minimum Gasteiger partial charge on any atom is -0.357 e. The smallest absolute Gasteiger partial charge is 0.357 e. The van der Waals surface area contributed by atoms with Crippen LogP contribution in [0.3, 0.4) is 0 Å². The SMILES string of the molecule is CNc1nccc(-c2sc(N(C)CC(F)(F)F)nc2-c2cccc(NS(=O)(=O)c3c(F)cccc3F)c2F)n1. The summed E-state index contributed by atoms with van der Waals surface area (Å²) in [6, 6.07) is 7.35. The van der Waals surface area contributed by atoms with E-state index in [1.165, 1.54) is 24.4 Å². The zero-order valence-corrected chi connectivity index (χ0v) is 21.6. The van der Waals surface area contributed by atoms with Crippen molar-refractivity contribution >= 4 is 38.1 Å². The Labute approximate surface area is 222 Å². The van der Waals surface area contributed by atoms with E-state index in [9.17, 15) is 30.4 Å². The monoisotopic (exact) mass is 588 g/mol. The molecule has 0 saturated carbocycles. The van der Waals surface area contributed by atoms with E-state index in [1.54, 1.807) is 7.05 Å². The van der Waals surface area contributed by atoms with Gasteiger partial charge < -0.3 is 10.2 Å². The largest absolute Gasteiger partial charge is 0.405 e. The molecule has 2 aromatic carbocycles. The number of anilines is 3. The zero-order valence-electron chi connectivity index (χ0n) is 20.0. The quantitative estimate of drug-likeness (QED) is 0.261. The number of nitrogens with zero attached hydrogens (tertiary/aromatic N) is 4. The molecule has 2 N–H and O–H groups in total. The van der Waals surface area contributed by atoms with Crippen LogP contribution in [0.4, 0.5) is 43.1 Å². The molecular weight excluding hydrogens is 570 g/mol. The summed E-state index contributed by atoms with van der Waals surface area (Å²) >= 11 is 0.796. The lowest BCUT2D eigenvalue weighted by Gasteiger charge is -2.17. The normalized spacial score (nSPS) is 11.9. The Morgan fingerprint density at radius 1 is 1.00 bits per heavy atom. The minimum atomic E-state index is -4.92. The van der Waals surface area contributed by atoms with E-state index >= 15 is 4.39 Å². The predicted octanol–water partition coefficient (Wildman–Crippen LogP) is 5.53. The van der Waals surface area contributed by atoms with E-state index in [0.717, 1.165) is 47.5 Å². The van der Waals surface area contributed by atoms with Crippen LogP contribution in [0.25, 0.3) is 21.8 Å². The molecule has 4 aromatic rings. The Morgan fingerprint density at radius 2 is 1.67 bits per heavy atom. The second kappa shape index (κ2) is 10.7. The van der Waals surface area contributed by atoms with Crippen molar-refractivity contribution in [2.45, 2.75) is 11.1 Å². The third-order valence-corrected chi connectivity index (χ3v) is 7.76. The van der Waals surface area contributed by atoms with Gasteiger partial charge in [0.05, 0.1) is 22.0 Å². The third kappa shape index (κ3) is 6.06. The molecule has 0 amide bonds. The van der Waals surface area contributed by atoms with E-state index in [2.05, 4.69) is 20.3 Å². The van der Waals surface area contributed by atoms with E-state index < -0.39 is 50.8 Å². The number of alkyl halides is 3. The van der Waals surface area contributed by atoms with Gasteiger partial charge >= 0.3 is 6.18 Å². The summed E-state index contributed by atoms with van der Waals surface area (Å²) in [5.41, 5.74) is -0.905. The predicted molar refractivity (Wildman–Crippen MR) is 135 cm³/mol. The first-order valence-electron chi connectivity index (χ1n) is 10.9. The van der Waals surface area contributed by atoms with Crippen molar-refractivity contribution in [2.75, 3.05) is 35.6 Å². The highest BCUT2D eigenvalue weighted by atomic mass is 32.2. The highest BCUT2D eigenvalue weighted by molar-refractivity contribution is 7.92. The number of sulfonamides is 1. The first kappa shape index (κ1) is 28.1. The molecule has 2 heterocycles. The minimum absolute atomic E-state index is 0.124. The Balaban J connectivity index is 1.84. The molecule has 0 atom stereocenters. The highest BCUT2D eigenvalue weighted by Gasteiger charge is 2.32. The molecule has 39 heavy (non-hydrogen) atoms. The molecule has 0 aliphatic carbocycles. The molecule has 4 rings (SSSR count). The molecule has 0 fully saturated rings.